The van der Waals surface area contributed by atoms with Gasteiger partial charge < -0.3 is 10.4 Å². The Labute approximate surface area is 72.2 Å². The van der Waals surface area contributed by atoms with Gasteiger partial charge in [-0.05, 0) is 30.7 Å². The zero-order chi connectivity index (χ0) is 8.81. The molecule has 0 atom stereocenters. The molecule has 1 aromatic carbocycles. The van der Waals surface area contributed by atoms with Gasteiger partial charge in [0.25, 0.3) is 0 Å². The van der Waals surface area contributed by atoms with Crippen molar-refractivity contribution < 1.29 is 5.11 Å². The topological polar surface area (TPSA) is 32.3 Å². The first kappa shape index (κ1) is 8.63. The minimum absolute atomic E-state index is 0.123. The molecule has 0 unspecified atom stereocenters. The van der Waals surface area contributed by atoms with Gasteiger partial charge in [-0.15, -0.1) is 0 Å². The van der Waals surface area contributed by atoms with Gasteiger partial charge in [-0.3, -0.25) is 0 Å². The number of aliphatic hydroxyl groups is 1. The Morgan fingerprint density at radius 2 is 2.00 bits per heavy atom. The van der Waals surface area contributed by atoms with Crippen molar-refractivity contribution in [1.29, 1.82) is 0 Å². The molecule has 1 rings (SSSR count). The molecule has 2 nitrogen and oxygen atoms in total. The lowest BCUT2D eigenvalue weighted by atomic mass is 10.2. The predicted octanol–water partition coefficient (Wildman–Crippen LogP) is 1.03. The fourth-order valence-electron chi connectivity index (χ4n) is 0.872. The molecule has 1 aromatic rings. The van der Waals surface area contributed by atoms with Crippen LogP contribution in [0.3, 0.4) is 0 Å². The molecule has 2 heteroatoms. The number of nitrogens with one attached hydrogen (secondary N) is 1. The maximum Gasteiger partial charge on any atom is 0.0604 e. The van der Waals surface area contributed by atoms with Gasteiger partial charge in [-0.1, -0.05) is 5.92 Å². The quantitative estimate of drug-likeness (QED) is 0.647. The molecule has 0 aliphatic carbocycles. The Bertz CT molecular complexity index is 271. The van der Waals surface area contributed by atoms with Gasteiger partial charge in [0.05, 0.1) is 6.61 Å². The maximum absolute atomic E-state index is 8.52. The molecule has 0 aliphatic rings. The number of benzene rings is 1. The normalized spacial score (nSPS) is 9.00. The van der Waals surface area contributed by atoms with Crippen molar-refractivity contribution in [3.05, 3.63) is 36.3 Å². The summed E-state index contributed by atoms with van der Waals surface area (Å²) in [4.78, 5) is 0. The van der Waals surface area contributed by atoms with Gasteiger partial charge in [0.1, 0.15) is 0 Å². The number of anilines is 1. The second-order valence-corrected chi connectivity index (χ2v) is 2.35. The number of aliphatic hydroxyl groups excluding tert-OH is 1. The Balaban J connectivity index is 2.60. The van der Waals surface area contributed by atoms with E-state index in [4.69, 9.17) is 11.5 Å². The molecule has 0 saturated heterocycles. The third-order valence-electron chi connectivity index (χ3n) is 1.47. The fraction of sp³-hybridized carbons (Fsp3) is 0.200. The highest BCUT2D eigenvalue weighted by Gasteiger charge is 1.89. The standard InChI is InChI=1S/C10H10NO/c1-2-9-3-5-10(6-4-9)11-7-8-12/h3-6,11-12H,7-8H2. The van der Waals surface area contributed by atoms with E-state index in [1.54, 1.807) is 12.1 Å². The van der Waals surface area contributed by atoms with Gasteiger partial charge in [0.2, 0.25) is 0 Å². The lowest BCUT2D eigenvalue weighted by Gasteiger charge is -2.02. The molecule has 0 heterocycles. The van der Waals surface area contributed by atoms with E-state index in [1.807, 2.05) is 12.1 Å². The Morgan fingerprint density at radius 3 is 2.50 bits per heavy atom. The molecule has 1 radical (unpaired) electrons. The van der Waals surface area contributed by atoms with Crippen LogP contribution in [-0.2, 0) is 0 Å². The van der Waals surface area contributed by atoms with Crippen molar-refractivity contribution in [1.82, 2.24) is 0 Å². The summed E-state index contributed by atoms with van der Waals surface area (Å²) in [5.74, 6) is 2.28. The van der Waals surface area contributed by atoms with Crippen LogP contribution in [0.1, 0.15) is 5.56 Å². The summed E-state index contributed by atoms with van der Waals surface area (Å²) in [6, 6.07) is 7.30. The summed E-state index contributed by atoms with van der Waals surface area (Å²) in [6.07, 6.45) is 6.84. The van der Waals surface area contributed by atoms with Crippen LogP contribution in [0, 0.1) is 12.3 Å². The van der Waals surface area contributed by atoms with Crippen molar-refractivity contribution in [3.63, 3.8) is 0 Å². The van der Waals surface area contributed by atoms with Crippen LogP contribution in [0.15, 0.2) is 24.3 Å². The molecule has 61 valence electrons. The van der Waals surface area contributed by atoms with E-state index in [1.165, 1.54) is 0 Å². The lowest BCUT2D eigenvalue weighted by molar-refractivity contribution is 0.311. The molecule has 0 bridgehead atoms. The highest BCUT2D eigenvalue weighted by atomic mass is 16.3. The second-order valence-electron chi connectivity index (χ2n) is 2.35. The summed E-state index contributed by atoms with van der Waals surface area (Å²) in [5.41, 5.74) is 1.70. The van der Waals surface area contributed by atoms with Crippen molar-refractivity contribution in [2.24, 2.45) is 0 Å². The SMILES string of the molecule is [C]#Cc1ccc(NCCO)cc1. The van der Waals surface area contributed by atoms with E-state index in [0.717, 1.165) is 11.3 Å². The summed E-state index contributed by atoms with van der Waals surface area (Å²) in [5, 5.41) is 11.5. The molecule has 0 saturated carbocycles. The van der Waals surface area contributed by atoms with Gasteiger partial charge in [-0.25, -0.2) is 0 Å². The summed E-state index contributed by atoms with van der Waals surface area (Å²) in [7, 11) is 0. The summed E-state index contributed by atoms with van der Waals surface area (Å²) < 4.78 is 0. The Morgan fingerprint density at radius 1 is 1.33 bits per heavy atom. The minimum Gasteiger partial charge on any atom is -0.395 e. The van der Waals surface area contributed by atoms with E-state index >= 15 is 0 Å². The van der Waals surface area contributed by atoms with E-state index in [-0.39, 0.29) is 6.61 Å². The molecule has 0 aliphatic heterocycles. The van der Waals surface area contributed by atoms with E-state index in [9.17, 15) is 0 Å². The van der Waals surface area contributed by atoms with Crippen LogP contribution in [0.2, 0.25) is 0 Å². The van der Waals surface area contributed by atoms with E-state index in [0.29, 0.717) is 6.54 Å². The predicted molar refractivity (Wildman–Crippen MR) is 48.3 cm³/mol. The first-order chi connectivity index (χ1) is 5.86. The molecule has 0 aromatic heterocycles. The second kappa shape index (κ2) is 4.42. The van der Waals surface area contributed by atoms with Crippen LogP contribution in [0.25, 0.3) is 0 Å². The zero-order valence-electron chi connectivity index (χ0n) is 6.67. The highest BCUT2D eigenvalue weighted by Crippen LogP contribution is 2.07. The van der Waals surface area contributed by atoms with Crippen LogP contribution in [0.4, 0.5) is 5.69 Å². The zero-order valence-corrected chi connectivity index (χ0v) is 6.67. The van der Waals surface area contributed by atoms with Crippen molar-refractivity contribution in [2.45, 2.75) is 0 Å². The third-order valence-corrected chi connectivity index (χ3v) is 1.47. The van der Waals surface area contributed by atoms with Crippen molar-refractivity contribution in [2.75, 3.05) is 18.5 Å². The first-order valence-electron chi connectivity index (χ1n) is 3.74. The van der Waals surface area contributed by atoms with Crippen LogP contribution in [-0.4, -0.2) is 18.3 Å². The van der Waals surface area contributed by atoms with Crippen LogP contribution < -0.4 is 5.32 Å². The number of hydrogen-bond donors (Lipinski definition) is 2. The average molecular weight is 160 g/mol. The molecule has 0 fully saturated rings. The number of hydrogen-bond acceptors (Lipinski definition) is 2. The van der Waals surface area contributed by atoms with Gasteiger partial charge in [-0.2, -0.15) is 0 Å². The molecule has 12 heavy (non-hydrogen) atoms. The molecule has 0 amide bonds. The average Bonchev–Trinajstić information content (AvgIpc) is 2.15. The Hall–Kier alpha value is -1.46. The van der Waals surface area contributed by atoms with Crippen molar-refractivity contribution >= 4 is 5.69 Å². The summed E-state index contributed by atoms with van der Waals surface area (Å²) in [6.45, 7) is 0.673. The lowest BCUT2D eigenvalue weighted by Crippen LogP contribution is -2.04. The van der Waals surface area contributed by atoms with Crippen LogP contribution in [0.5, 0.6) is 0 Å². The smallest absolute Gasteiger partial charge is 0.0604 e. The highest BCUT2D eigenvalue weighted by molar-refractivity contribution is 5.47. The monoisotopic (exact) mass is 160 g/mol. The largest absolute Gasteiger partial charge is 0.395 e. The van der Waals surface area contributed by atoms with Gasteiger partial charge in [0.15, 0.2) is 0 Å². The molecular weight excluding hydrogens is 150 g/mol. The summed E-state index contributed by atoms with van der Waals surface area (Å²) >= 11 is 0. The molecule has 0 spiro atoms. The first-order valence-corrected chi connectivity index (χ1v) is 3.74. The fourth-order valence-corrected chi connectivity index (χ4v) is 0.872. The van der Waals surface area contributed by atoms with E-state index < -0.39 is 0 Å². The minimum atomic E-state index is 0.123. The number of rotatable bonds is 3. The van der Waals surface area contributed by atoms with E-state index in [2.05, 4.69) is 11.2 Å². The maximum atomic E-state index is 8.52. The third kappa shape index (κ3) is 2.30. The van der Waals surface area contributed by atoms with Crippen molar-refractivity contribution in [3.8, 4) is 5.92 Å². The molecule has 2 N–H and O–H groups in total. The van der Waals surface area contributed by atoms with Gasteiger partial charge >= 0.3 is 0 Å². The van der Waals surface area contributed by atoms with Crippen LogP contribution >= 0.6 is 0 Å². The molecular formula is C10H10NO. The van der Waals surface area contributed by atoms with Gasteiger partial charge in [0, 0.05) is 17.8 Å². The Kier molecular flexibility index (Phi) is 3.18.